The molecule has 0 radical (unpaired) electrons. The minimum absolute atomic E-state index is 0.236. The molecule has 0 aliphatic heterocycles. The molecule has 0 aromatic heterocycles. The van der Waals surface area contributed by atoms with Crippen LogP contribution in [0.5, 0.6) is 5.75 Å². The summed E-state index contributed by atoms with van der Waals surface area (Å²) in [6.45, 7) is 0. The molecule has 0 bridgehead atoms. The number of hydrogen-bond donors (Lipinski definition) is 0. The second-order valence-corrected chi connectivity index (χ2v) is 6.38. The van der Waals surface area contributed by atoms with Crippen molar-refractivity contribution in [2.24, 2.45) is 11.8 Å². The predicted octanol–water partition coefficient (Wildman–Crippen LogP) is 4.92. The maximum Gasteiger partial charge on any atom is 0.314 e. The van der Waals surface area contributed by atoms with Crippen molar-refractivity contribution < 1.29 is 18.3 Å². The third kappa shape index (κ3) is 3.99. The number of hydrogen-bond acceptors (Lipinski definition) is 2. The summed E-state index contributed by atoms with van der Waals surface area (Å²) in [5, 5.41) is 0. The van der Waals surface area contributed by atoms with Crippen LogP contribution in [0.4, 0.5) is 8.78 Å². The molecule has 0 unspecified atom stereocenters. The highest BCUT2D eigenvalue weighted by molar-refractivity contribution is 5.75. The third-order valence-corrected chi connectivity index (χ3v) is 4.67. The van der Waals surface area contributed by atoms with E-state index < -0.39 is 17.6 Å². The highest BCUT2D eigenvalue weighted by Gasteiger charge is 2.28. The zero-order chi connectivity index (χ0) is 16.9. The Morgan fingerprint density at radius 1 is 0.958 bits per heavy atom. The molecule has 0 N–H and O–H groups in total. The number of rotatable bonds is 4. The monoisotopic (exact) mass is 330 g/mol. The quantitative estimate of drug-likeness (QED) is 0.587. The highest BCUT2D eigenvalue weighted by Crippen LogP contribution is 2.32. The van der Waals surface area contributed by atoms with Crippen LogP contribution in [0, 0.1) is 23.5 Å². The topological polar surface area (TPSA) is 26.3 Å². The van der Waals surface area contributed by atoms with Crippen molar-refractivity contribution in [2.45, 2.75) is 32.1 Å². The fourth-order valence-electron chi connectivity index (χ4n) is 3.30. The largest absolute Gasteiger partial charge is 0.423 e. The maximum atomic E-state index is 13.6. The second-order valence-electron chi connectivity index (χ2n) is 6.38. The van der Waals surface area contributed by atoms with Gasteiger partial charge in [0.15, 0.2) is 11.6 Å². The molecule has 1 aliphatic rings. The number of halogens is 2. The Balaban J connectivity index is 1.52. The van der Waals surface area contributed by atoms with Crippen molar-refractivity contribution >= 4 is 5.97 Å². The van der Waals surface area contributed by atoms with E-state index in [9.17, 15) is 13.6 Å². The third-order valence-electron chi connectivity index (χ3n) is 4.67. The van der Waals surface area contributed by atoms with Crippen LogP contribution in [0.3, 0.4) is 0 Å². The van der Waals surface area contributed by atoms with Gasteiger partial charge in [0, 0.05) is 0 Å². The van der Waals surface area contributed by atoms with Crippen LogP contribution in [0.25, 0.3) is 0 Å². The number of carbonyl (C=O) groups is 1. The van der Waals surface area contributed by atoms with Gasteiger partial charge in [-0.05, 0) is 55.7 Å². The lowest BCUT2D eigenvalue weighted by molar-refractivity contribution is -0.140. The summed E-state index contributed by atoms with van der Waals surface area (Å²) in [6, 6.07) is 13.9. The molecule has 126 valence electrons. The molecule has 0 atom stereocenters. The number of ether oxygens (including phenoxy) is 1. The molecule has 1 saturated carbocycles. The van der Waals surface area contributed by atoms with E-state index in [-0.39, 0.29) is 11.7 Å². The minimum Gasteiger partial charge on any atom is -0.423 e. The van der Waals surface area contributed by atoms with Crippen molar-refractivity contribution in [3.05, 3.63) is 65.7 Å². The fourth-order valence-corrected chi connectivity index (χ4v) is 3.30. The molecule has 0 heterocycles. The second kappa shape index (κ2) is 7.56. The van der Waals surface area contributed by atoms with E-state index in [0.29, 0.717) is 5.92 Å². The van der Waals surface area contributed by atoms with E-state index in [2.05, 4.69) is 12.1 Å². The van der Waals surface area contributed by atoms with Crippen LogP contribution >= 0.6 is 0 Å². The summed E-state index contributed by atoms with van der Waals surface area (Å²) >= 11 is 0. The normalized spacial score (nSPS) is 20.6. The van der Waals surface area contributed by atoms with E-state index >= 15 is 0 Å². The van der Waals surface area contributed by atoms with Gasteiger partial charge in [0.05, 0.1) is 5.92 Å². The lowest BCUT2D eigenvalue weighted by atomic mass is 9.79. The lowest BCUT2D eigenvalue weighted by Gasteiger charge is -2.27. The van der Waals surface area contributed by atoms with Gasteiger partial charge >= 0.3 is 5.97 Å². The van der Waals surface area contributed by atoms with Crippen LogP contribution in [-0.2, 0) is 11.2 Å². The van der Waals surface area contributed by atoms with E-state index in [1.807, 2.05) is 18.2 Å². The van der Waals surface area contributed by atoms with Crippen LogP contribution in [-0.4, -0.2) is 5.97 Å². The van der Waals surface area contributed by atoms with Crippen LogP contribution in [0.2, 0.25) is 0 Å². The van der Waals surface area contributed by atoms with Gasteiger partial charge in [-0.15, -0.1) is 0 Å². The number of carbonyl (C=O) groups excluding carboxylic acids is 1. The minimum atomic E-state index is -1.11. The van der Waals surface area contributed by atoms with Crippen LogP contribution in [0.15, 0.2) is 48.5 Å². The first kappa shape index (κ1) is 16.6. The molecule has 1 fully saturated rings. The summed E-state index contributed by atoms with van der Waals surface area (Å²) < 4.78 is 31.8. The first-order valence-corrected chi connectivity index (χ1v) is 8.33. The number of benzene rings is 2. The van der Waals surface area contributed by atoms with Gasteiger partial charge in [0.25, 0.3) is 0 Å². The number of esters is 1. The summed E-state index contributed by atoms with van der Waals surface area (Å²) in [6.07, 6.45) is 4.36. The van der Waals surface area contributed by atoms with Crippen molar-refractivity contribution in [2.75, 3.05) is 0 Å². The molecule has 0 saturated heterocycles. The van der Waals surface area contributed by atoms with Gasteiger partial charge in [0.2, 0.25) is 5.82 Å². The highest BCUT2D eigenvalue weighted by atomic mass is 19.2. The van der Waals surface area contributed by atoms with Gasteiger partial charge in [-0.3, -0.25) is 4.79 Å². The molecule has 0 amide bonds. The van der Waals surface area contributed by atoms with Crippen molar-refractivity contribution in [1.82, 2.24) is 0 Å². The van der Waals surface area contributed by atoms with E-state index in [4.69, 9.17) is 4.74 Å². The smallest absolute Gasteiger partial charge is 0.314 e. The Morgan fingerprint density at radius 2 is 1.67 bits per heavy atom. The Labute approximate surface area is 140 Å². The molecule has 24 heavy (non-hydrogen) atoms. The molecule has 0 spiro atoms. The molecular weight excluding hydrogens is 310 g/mol. The molecule has 3 rings (SSSR count). The summed E-state index contributed by atoms with van der Waals surface area (Å²) in [7, 11) is 0. The van der Waals surface area contributed by atoms with E-state index in [1.165, 1.54) is 17.7 Å². The Morgan fingerprint density at radius 3 is 2.38 bits per heavy atom. The van der Waals surface area contributed by atoms with E-state index in [1.54, 1.807) is 0 Å². The maximum absolute atomic E-state index is 13.6. The molecule has 2 aromatic rings. The fraction of sp³-hybridized carbons (Fsp3) is 0.350. The summed E-state index contributed by atoms with van der Waals surface area (Å²) in [4.78, 5) is 12.2. The zero-order valence-electron chi connectivity index (χ0n) is 13.4. The van der Waals surface area contributed by atoms with Gasteiger partial charge < -0.3 is 4.74 Å². The molecule has 1 aliphatic carbocycles. The first-order chi connectivity index (χ1) is 11.6. The van der Waals surface area contributed by atoms with E-state index in [0.717, 1.165) is 38.2 Å². The molecule has 4 heteroatoms. The average Bonchev–Trinajstić information content (AvgIpc) is 2.60. The van der Waals surface area contributed by atoms with Gasteiger partial charge in [-0.2, -0.15) is 4.39 Å². The van der Waals surface area contributed by atoms with Crippen LogP contribution in [0.1, 0.15) is 31.2 Å². The lowest BCUT2D eigenvalue weighted by Crippen LogP contribution is -2.26. The summed E-state index contributed by atoms with van der Waals surface area (Å²) in [5.41, 5.74) is 1.31. The summed E-state index contributed by atoms with van der Waals surface area (Å²) in [5.74, 6) is -2.58. The average molecular weight is 330 g/mol. The molecular formula is C20H20F2O2. The predicted molar refractivity (Wildman–Crippen MR) is 87.6 cm³/mol. The van der Waals surface area contributed by atoms with Crippen molar-refractivity contribution in [3.8, 4) is 5.75 Å². The Kier molecular flexibility index (Phi) is 5.24. The van der Waals surface area contributed by atoms with Gasteiger partial charge in [0.1, 0.15) is 0 Å². The first-order valence-electron chi connectivity index (χ1n) is 8.33. The zero-order valence-corrected chi connectivity index (χ0v) is 13.4. The van der Waals surface area contributed by atoms with Crippen molar-refractivity contribution in [3.63, 3.8) is 0 Å². The van der Waals surface area contributed by atoms with Crippen molar-refractivity contribution in [1.29, 1.82) is 0 Å². The molecule has 2 aromatic carbocycles. The standard InChI is InChI=1S/C20H20F2O2/c21-17-7-4-8-18(19(17)22)24-20(23)16-11-9-15(10-12-16)13-14-5-2-1-3-6-14/h1-8,15-16H,9-13H2/t15-,16-. The van der Waals surface area contributed by atoms with Gasteiger partial charge in [-0.25, -0.2) is 4.39 Å². The SMILES string of the molecule is O=C(Oc1cccc(F)c1F)[C@H]1CC[C@H](Cc2ccccc2)CC1. The van der Waals surface area contributed by atoms with Crippen LogP contribution < -0.4 is 4.74 Å². The Hall–Kier alpha value is -2.23. The van der Waals surface area contributed by atoms with Gasteiger partial charge in [-0.1, -0.05) is 36.4 Å². The molecule has 2 nitrogen and oxygen atoms in total. The Bertz CT molecular complexity index is 692.